The Morgan fingerprint density at radius 1 is 1.33 bits per heavy atom. The maximum absolute atomic E-state index is 11.7. The summed E-state index contributed by atoms with van der Waals surface area (Å²) in [6.07, 6.45) is 2.62. The monoisotopic (exact) mass is 223 g/mol. The van der Waals surface area contributed by atoms with Gasteiger partial charge in [-0.25, -0.2) is 4.21 Å². The van der Waals surface area contributed by atoms with Crippen LogP contribution in [0.2, 0.25) is 0 Å². The molecule has 0 bridgehead atoms. The van der Waals surface area contributed by atoms with Crippen molar-refractivity contribution in [3.8, 4) is 0 Å². The molecule has 0 aliphatic carbocycles. The highest BCUT2D eigenvalue weighted by Gasteiger charge is 1.99. The van der Waals surface area contributed by atoms with E-state index >= 15 is 0 Å². The molecule has 3 heteroatoms. The third kappa shape index (κ3) is 4.38. The largest absolute Gasteiger partial charge is 0.230 e. The van der Waals surface area contributed by atoms with Crippen molar-refractivity contribution in [2.75, 3.05) is 0 Å². The van der Waals surface area contributed by atoms with Crippen molar-refractivity contribution in [1.29, 1.82) is 0 Å². The van der Waals surface area contributed by atoms with Crippen molar-refractivity contribution in [3.05, 3.63) is 29.8 Å². The highest BCUT2D eigenvalue weighted by atomic mass is 32.2. The lowest BCUT2D eigenvalue weighted by atomic mass is 10.2. The van der Waals surface area contributed by atoms with Crippen molar-refractivity contribution in [1.82, 2.24) is 0 Å². The van der Waals surface area contributed by atoms with Gasteiger partial charge in [0.05, 0.1) is 4.90 Å². The Kier molecular flexibility index (Phi) is 4.69. The fourth-order valence-corrected chi connectivity index (χ4v) is 1.75. The second-order valence-electron chi connectivity index (χ2n) is 3.98. The lowest BCUT2D eigenvalue weighted by molar-refractivity contribution is 0.681. The summed E-state index contributed by atoms with van der Waals surface area (Å²) in [5.41, 5.74) is 1.17. The number of aryl methyl sites for hydroxylation is 1. The van der Waals surface area contributed by atoms with Crippen LogP contribution in [0, 0.1) is 12.8 Å². The average Bonchev–Trinajstić information content (AvgIpc) is 2.18. The van der Waals surface area contributed by atoms with E-state index < -0.39 is 11.0 Å². The summed E-state index contributed by atoms with van der Waals surface area (Å²) in [4.78, 5) is 0.764. The highest BCUT2D eigenvalue weighted by molar-refractivity contribution is 7.83. The summed E-state index contributed by atoms with van der Waals surface area (Å²) in [6, 6.07) is 7.62. The van der Waals surface area contributed by atoms with Gasteiger partial charge in [-0.1, -0.05) is 31.5 Å². The molecular formula is C12H17NOS. The summed E-state index contributed by atoms with van der Waals surface area (Å²) in [5.74, 6) is 0.559. The molecule has 15 heavy (non-hydrogen) atoms. The van der Waals surface area contributed by atoms with Gasteiger partial charge in [-0.05, 0) is 31.4 Å². The minimum Gasteiger partial charge on any atom is -0.230 e. The molecule has 0 spiro atoms. The van der Waals surface area contributed by atoms with Crippen LogP contribution in [0.1, 0.15) is 25.8 Å². The first-order chi connectivity index (χ1) is 7.09. The van der Waals surface area contributed by atoms with Gasteiger partial charge in [0.15, 0.2) is 11.0 Å². The third-order valence-corrected chi connectivity index (χ3v) is 2.99. The highest BCUT2D eigenvalue weighted by Crippen LogP contribution is 2.09. The second kappa shape index (κ2) is 5.81. The molecule has 0 radical (unpaired) electrons. The molecule has 1 aromatic carbocycles. The summed E-state index contributed by atoms with van der Waals surface area (Å²) in [7, 11) is -1.24. The van der Waals surface area contributed by atoms with Gasteiger partial charge in [0.1, 0.15) is 0 Å². The zero-order valence-electron chi connectivity index (χ0n) is 9.43. The van der Waals surface area contributed by atoms with Crippen LogP contribution in [0.25, 0.3) is 0 Å². The van der Waals surface area contributed by atoms with Crippen molar-refractivity contribution < 1.29 is 4.21 Å². The first kappa shape index (κ1) is 12.1. The molecule has 0 aliphatic rings. The average molecular weight is 223 g/mol. The van der Waals surface area contributed by atoms with Crippen LogP contribution < -0.4 is 0 Å². The minimum atomic E-state index is -1.24. The molecule has 0 aliphatic heterocycles. The summed E-state index contributed by atoms with van der Waals surface area (Å²) in [5, 5.41) is 0. The van der Waals surface area contributed by atoms with Crippen molar-refractivity contribution in [2.24, 2.45) is 10.3 Å². The maximum Gasteiger partial charge on any atom is 0.172 e. The van der Waals surface area contributed by atoms with E-state index in [9.17, 15) is 4.21 Å². The van der Waals surface area contributed by atoms with Gasteiger partial charge in [0.2, 0.25) is 0 Å². The van der Waals surface area contributed by atoms with E-state index in [0.717, 1.165) is 11.3 Å². The topological polar surface area (TPSA) is 29.4 Å². The molecule has 2 nitrogen and oxygen atoms in total. The van der Waals surface area contributed by atoms with E-state index in [1.807, 2.05) is 31.2 Å². The fraction of sp³-hybridized carbons (Fsp3) is 0.417. The van der Waals surface area contributed by atoms with Crippen LogP contribution in [-0.4, -0.2) is 10.4 Å². The number of benzene rings is 1. The number of nitrogens with zero attached hydrogens (tertiary/aromatic N) is 1. The predicted molar refractivity (Wildman–Crippen MR) is 65.5 cm³/mol. The molecular weight excluding hydrogens is 206 g/mol. The van der Waals surface area contributed by atoms with Crippen molar-refractivity contribution in [2.45, 2.75) is 32.1 Å². The molecule has 0 N–H and O–H groups in total. The summed E-state index contributed by atoms with van der Waals surface area (Å²) >= 11 is 0. The summed E-state index contributed by atoms with van der Waals surface area (Å²) in [6.45, 7) is 6.23. The fourth-order valence-electron chi connectivity index (χ4n) is 1.04. The molecule has 0 saturated heterocycles. The van der Waals surface area contributed by atoms with Crippen LogP contribution in [-0.2, 0) is 11.0 Å². The molecule has 0 aromatic heterocycles. The standard InChI is InChI=1S/C12H17NOS/c1-10(2)8-9-13-15(14)12-6-4-11(3)5-7-12/h4-7,9-10H,8H2,1-3H3/b13-9+/t15-/m1/s1. The smallest absolute Gasteiger partial charge is 0.172 e. The first-order valence-corrected chi connectivity index (χ1v) is 6.21. The Balaban J connectivity index is 2.61. The molecule has 0 unspecified atom stereocenters. The van der Waals surface area contributed by atoms with Crippen molar-refractivity contribution in [3.63, 3.8) is 0 Å². The number of hydrogen-bond donors (Lipinski definition) is 0. The van der Waals surface area contributed by atoms with E-state index in [4.69, 9.17) is 0 Å². The Bertz CT molecular complexity index is 354. The van der Waals surface area contributed by atoms with Crippen LogP contribution in [0.5, 0.6) is 0 Å². The van der Waals surface area contributed by atoms with E-state index in [2.05, 4.69) is 18.2 Å². The van der Waals surface area contributed by atoms with Crippen LogP contribution in [0.4, 0.5) is 0 Å². The molecule has 82 valence electrons. The van der Waals surface area contributed by atoms with E-state index in [0.29, 0.717) is 5.92 Å². The Labute approximate surface area is 94.0 Å². The normalized spacial score (nSPS) is 13.6. The Morgan fingerprint density at radius 3 is 2.47 bits per heavy atom. The number of rotatable bonds is 4. The van der Waals surface area contributed by atoms with Gasteiger partial charge in [-0.15, -0.1) is 0 Å². The molecule has 1 aromatic rings. The first-order valence-electron chi connectivity index (χ1n) is 5.10. The van der Waals surface area contributed by atoms with Gasteiger partial charge in [0, 0.05) is 6.21 Å². The lowest BCUT2D eigenvalue weighted by Crippen LogP contribution is -1.91. The van der Waals surface area contributed by atoms with Crippen LogP contribution in [0.3, 0.4) is 0 Å². The number of hydrogen-bond acceptors (Lipinski definition) is 1. The van der Waals surface area contributed by atoms with Gasteiger partial charge < -0.3 is 0 Å². The maximum atomic E-state index is 11.7. The van der Waals surface area contributed by atoms with Gasteiger partial charge >= 0.3 is 0 Å². The van der Waals surface area contributed by atoms with E-state index in [1.54, 1.807) is 6.21 Å². The van der Waals surface area contributed by atoms with Gasteiger partial charge in [-0.3, -0.25) is 0 Å². The van der Waals surface area contributed by atoms with E-state index in [-0.39, 0.29) is 0 Å². The van der Waals surface area contributed by atoms with Gasteiger partial charge in [0.25, 0.3) is 0 Å². The second-order valence-corrected chi connectivity index (χ2v) is 5.16. The summed E-state index contributed by atoms with van der Waals surface area (Å²) < 4.78 is 15.7. The van der Waals surface area contributed by atoms with E-state index in [1.165, 1.54) is 5.56 Å². The molecule has 1 atom stereocenters. The van der Waals surface area contributed by atoms with Crippen LogP contribution >= 0.6 is 0 Å². The Hall–Kier alpha value is -0.960. The SMILES string of the molecule is Cc1ccc([S@@](=O)/N=C/CC(C)C)cc1. The molecule has 1 rings (SSSR count). The zero-order valence-corrected chi connectivity index (χ0v) is 10.3. The molecule has 0 heterocycles. The third-order valence-electron chi connectivity index (χ3n) is 1.97. The predicted octanol–water partition coefficient (Wildman–Crippen LogP) is 3.13. The molecule has 0 amide bonds. The van der Waals surface area contributed by atoms with Crippen LogP contribution in [0.15, 0.2) is 33.6 Å². The lowest BCUT2D eigenvalue weighted by Gasteiger charge is -1.98. The minimum absolute atomic E-state index is 0.559. The van der Waals surface area contributed by atoms with Gasteiger partial charge in [-0.2, -0.15) is 4.40 Å². The Morgan fingerprint density at radius 2 is 1.93 bits per heavy atom. The zero-order chi connectivity index (χ0) is 11.3. The quantitative estimate of drug-likeness (QED) is 0.721. The van der Waals surface area contributed by atoms with Crippen molar-refractivity contribution >= 4 is 17.2 Å². The molecule has 0 saturated carbocycles. The molecule has 0 fully saturated rings.